The number of carbonyl (C=O) groups excluding carboxylic acids is 1. The van der Waals surface area contributed by atoms with E-state index in [1.807, 2.05) is 6.92 Å². The number of rotatable bonds is 4. The highest BCUT2D eigenvalue weighted by Gasteiger charge is 2.36. The SMILES string of the molecule is C/C(=C/C(=C(\C=O)c1ccc(C)c2c1COC2)C(F)(F)F)N(C)C. The fraction of sp³-hybridized carbons (Fsp3) is 0.389. The maximum absolute atomic E-state index is 13.6. The van der Waals surface area contributed by atoms with Crippen LogP contribution in [0.4, 0.5) is 13.2 Å². The van der Waals surface area contributed by atoms with Crippen LogP contribution in [-0.2, 0) is 22.7 Å². The van der Waals surface area contributed by atoms with E-state index in [9.17, 15) is 18.0 Å². The van der Waals surface area contributed by atoms with Crippen molar-refractivity contribution >= 4 is 11.9 Å². The Kier molecular flexibility index (Phi) is 5.18. The molecule has 130 valence electrons. The standard InChI is InChI=1S/C18H20F3NO2/c1-11-5-6-13(16-10-24-9-15(11)16)14(8-23)17(18(19,20)21)7-12(2)22(3)4/h5-8H,9-10H2,1-4H3/b12-7-,17-14-. The average molecular weight is 339 g/mol. The van der Waals surface area contributed by atoms with Gasteiger partial charge in [-0.3, -0.25) is 4.79 Å². The van der Waals surface area contributed by atoms with Gasteiger partial charge in [-0.2, -0.15) is 13.2 Å². The summed E-state index contributed by atoms with van der Waals surface area (Å²) in [5, 5.41) is 0. The third kappa shape index (κ3) is 3.53. The van der Waals surface area contributed by atoms with Crippen LogP contribution >= 0.6 is 0 Å². The summed E-state index contributed by atoms with van der Waals surface area (Å²) in [6.45, 7) is 4.01. The van der Waals surface area contributed by atoms with Crippen LogP contribution in [0.25, 0.3) is 5.57 Å². The van der Waals surface area contributed by atoms with Crippen LogP contribution < -0.4 is 0 Å². The topological polar surface area (TPSA) is 29.5 Å². The molecule has 0 aliphatic carbocycles. The van der Waals surface area contributed by atoms with E-state index in [2.05, 4.69) is 0 Å². The fourth-order valence-corrected chi connectivity index (χ4v) is 2.61. The van der Waals surface area contributed by atoms with E-state index < -0.39 is 11.7 Å². The molecule has 0 unspecified atom stereocenters. The van der Waals surface area contributed by atoms with Crippen molar-refractivity contribution in [3.8, 4) is 0 Å². The van der Waals surface area contributed by atoms with Crippen LogP contribution in [0.3, 0.4) is 0 Å². The number of halogens is 3. The van der Waals surface area contributed by atoms with Gasteiger partial charge in [0.2, 0.25) is 0 Å². The van der Waals surface area contributed by atoms with E-state index in [1.165, 1.54) is 0 Å². The van der Waals surface area contributed by atoms with Crippen LogP contribution in [0, 0.1) is 6.92 Å². The first-order chi connectivity index (χ1) is 11.2. The van der Waals surface area contributed by atoms with E-state index in [4.69, 9.17) is 4.74 Å². The first kappa shape index (κ1) is 18.3. The molecule has 2 rings (SSSR count). The first-order valence-corrected chi connectivity index (χ1v) is 7.48. The number of alkyl halides is 3. The zero-order valence-corrected chi connectivity index (χ0v) is 14.1. The molecule has 1 heterocycles. The second-order valence-electron chi connectivity index (χ2n) is 6.00. The summed E-state index contributed by atoms with van der Waals surface area (Å²) in [4.78, 5) is 13.2. The van der Waals surface area contributed by atoms with Gasteiger partial charge in [-0.25, -0.2) is 0 Å². The van der Waals surface area contributed by atoms with Crippen LogP contribution in [0.2, 0.25) is 0 Å². The molecule has 1 aliphatic rings. The van der Waals surface area contributed by atoms with E-state index in [0.29, 0.717) is 23.4 Å². The van der Waals surface area contributed by atoms with Gasteiger partial charge in [-0.05, 0) is 42.2 Å². The Bertz CT molecular complexity index is 716. The largest absolute Gasteiger partial charge is 0.417 e. The van der Waals surface area contributed by atoms with Crippen LogP contribution in [-0.4, -0.2) is 31.5 Å². The molecule has 0 amide bonds. The zero-order chi connectivity index (χ0) is 18.1. The highest BCUT2D eigenvalue weighted by atomic mass is 19.4. The van der Waals surface area contributed by atoms with Crippen molar-refractivity contribution in [1.29, 1.82) is 0 Å². The lowest BCUT2D eigenvalue weighted by atomic mass is 9.91. The molecule has 0 saturated carbocycles. The van der Waals surface area contributed by atoms with Crippen molar-refractivity contribution in [2.75, 3.05) is 14.1 Å². The maximum atomic E-state index is 13.6. The third-order valence-electron chi connectivity index (χ3n) is 4.22. The van der Waals surface area contributed by atoms with E-state index in [-0.39, 0.29) is 18.5 Å². The van der Waals surface area contributed by atoms with Crippen molar-refractivity contribution < 1.29 is 22.7 Å². The van der Waals surface area contributed by atoms with Crippen molar-refractivity contribution in [1.82, 2.24) is 4.90 Å². The Balaban J connectivity index is 2.75. The van der Waals surface area contributed by atoms with Gasteiger partial charge in [0.25, 0.3) is 0 Å². The molecule has 0 atom stereocenters. The zero-order valence-electron chi connectivity index (χ0n) is 14.1. The average Bonchev–Trinajstić information content (AvgIpc) is 2.98. The number of allylic oxidation sites excluding steroid dienone is 4. The Morgan fingerprint density at radius 3 is 2.38 bits per heavy atom. The van der Waals surface area contributed by atoms with Crippen molar-refractivity contribution in [3.05, 3.63) is 51.7 Å². The minimum absolute atomic E-state index is 0.213. The Hall–Kier alpha value is -2.08. The van der Waals surface area contributed by atoms with Crippen molar-refractivity contribution in [2.45, 2.75) is 33.2 Å². The van der Waals surface area contributed by atoms with Crippen molar-refractivity contribution in [3.63, 3.8) is 0 Å². The highest BCUT2D eigenvalue weighted by Crippen LogP contribution is 2.37. The summed E-state index contributed by atoms with van der Waals surface area (Å²) in [6, 6.07) is 3.29. The van der Waals surface area contributed by atoms with Gasteiger partial charge in [0.1, 0.15) is 0 Å². The lowest BCUT2D eigenvalue weighted by molar-refractivity contribution is -0.104. The number of fused-ring (bicyclic) bond motifs is 1. The van der Waals surface area contributed by atoms with Gasteiger partial charge in [0.05, 0.1) is 18.8 Å². The van der Waals surface area contributed by atoms with Crippen LogP contribution in [0.1, 0.15) is 29.2 Å². The second-order valence-corrected chi connectivity index (χ2v) is 6.00. The van der Waals surface area contributed by atoms with Crippen molar-refractivity contribution in [2.24, 2.45) is 0 Å². The molecule has 1 aromatic carbocycles. The number of hydrogen-bond donors (Lipinski definition) is 0. The number of ether oxygens (including phenoxy) is 1. The van der Waals surface area contributed by atoms with E-state index in [0.717, 1.165) is 17.2 Å². The fourth-order valence-electron chi connectivity index (χ4n) is 2.61. The Morgan fingerprint density at radius 2 is 1.83 bits per heavy atom. The summed E-state index contributed by atoms with van der Waals surface area (Å²) in [5.74, 6) is 0. The minimum Gasteiger partial charge on any atom is -0.381 e. The predicted molar refractivity (Wildman–Crippen MR) is 86.2 cm³/mol. The van der Waals surface area contributed by atoms with Crippen LogP contribution in [0.15, 0.2) is 29.5 Å². The third-order valence-corrected chi connectivity index (χ3v) is 4.22. The summed E-state index contributed by atoms with van der Waals surface area (Å²) in [5.41, 5.74) is 1.87. The highest BCUT2D eigenvalue weighted by molar-refractivity contribution is 6.10. The molecule has 0 N–H and O–H groups in total. The predicted octanol–water partition coefficient (Wildman–Crippen LogP) is 4.01. The lowest BCUT2D eigenvalue weighted by Gasteiger charge is -2.18. The lowest BCUT2D eigenvalue weighted by Crippen LogP contribution is -2.17. The molecule has 0 saturated heterocycles. The molecule has 0 spiro atoms. The van der Waals surface area contributed by atoms with Gasteiger partial charge in [0.15, 0.2) is 6.29 Å². The molecular formula is C18H20F3NO2. The molecule has 1 aliphatic heterocycles. The second kappa shape index (κ2) is 6.81. The van der Waals surface area contributed by atoms with Gasteiger partial charge < -0.3 is 9.64 Å². The molecule has 3 nitrogen and oxygen atoms in total. The number of hydrogen-bond acceptors (Lipinski definition) is 3. The Labute approximate surface area is 139 Å². The number of aldehydes is 1. The van der Waals surface area contributed by atoms with E-state index >= 15 is 0 Å². The maximum Gasteiger partial charge on any atom is 0.417 e. The molecule has 6 heteroatoms. The smallest absolute Gasteiger partial charge is 0.381 e. The molecule has 24 heavy (non-hydrogen) atoms. The quantitative estimate of drug-likeness (QED) is 0.472. The van der Waals surface area contributed by atoms with E-state index in [1.54, 1.807) is 38.1 Å². The number of aryl methyl sites for hydroxylation is 1. The summed E-state index contributed by atoms with van der Waals surface area (Å²) in [6.07, 6.45) is -3.35. The Morgan fingerprint density at radius 1 is 1.21 bits per heavy atom. The molecule has 0 bridgehead atoms. The molecule has 1 aromatic rings. The van der Waals surface area contributed by atoms with Gasteiger partial charge in [-0.1, -0.05) is 12.1 Å². The summed E-state index contributed by atoms with van der Waals surface area (Å²) in [7, 11) is 3.30. The molecule has 0 aromatic heterocycles. The molecule has 0 radical (unpaired) electrons. The number of carbonyl (C=O) groups is 1. The summed E-state index contributed by atoms with van der Waals surface area (Å²) >= 11 is 0. The number of nitrogens with zero attached hydrogens (tertiary/aromatic N) is 1. The van der Waals surface area contributed by atoms with Gasteiger partial charge >= 0.3 is 6.18 Å². The summed E-state index contributed by atoms with van der Waals surface area (Å²) < 4.78 is 46.1. The van der Waals surface area contributed by atoms with Crippen LogP contribution in [0.5, 0.6) is 0 Å². The minimum atomic E-state index is -4.63. The normalized spacial score (nSPS) is 15.9. The van der Waals surface area contributed by atoms with Gasteiger partial charge in [0, 0.05) is 25.4 Å². The monoisotopic (exact) mass is 339 g/mol. The van der Waals surface area contributed by atoms with Gasteiger partial charge in [-0.15, -0.1) is 0 Å². The molecule has 0 fully saturated rings. The first-order valence-electron chi connectivity index (χ1n) is 7.48. The molecular weight excluding hydrogens is 319 g/mol. The number of benzene rings is 1.